The normalized spacial score (nSPS) is 14.2. The number of rotatable bonds is 6. The highest BCUT2D eigenvalue weighted by Gasteiger charge is 2.35. The summed E-state index contributed by atoms with van der Waals surface area (Å²) >= 11 is 3.29. The molecule has 124 valence electrons. The topological polar surface area (TPSA) is 92.5 Å². The summed E-state index contributed by atoms with van der Waals surface area (Å²) in [6.07, 6.45) is 0.652. The van der Waals surface area contributed by atoms with Crippen LogP contribution in [-0.4, -0.2) is 41.2 Å². The van der Waals surface area contributed by atoms with E-state index in [0.29, 0.717) is 24.1 Å². The average molecular weight is 382 g/mol. The summed E-state index contributed by atoms with van der Waals surface area (Å²) in [5, 5.41) is 2.82. The maximum Gasteiger partial charge on any atom is 0.261 e. The zero-order chi connectivity index (χ0) is 17.2. The number of halogens is 1. The molecule has 1 aliphatic rings. The highest BCUT2D eigenvalue weighted by Crippen LogP contribution is 2.26. The minimum absolute atomic E-state index is 0.139. The molecule has 0 atom stereocenters. The summed E-state index contributed by atoms with van der Waals surface area (Å²) in [6, 6.07) is 5.01. The van der Waals surface area contributed by atoms with E-state index in [4.69, 9.17) is 5.73 Å². The number of imide groups is 1. The first-order chi connectivity index (χ1) is 10.7. The van der Waals surface area contributed by atoms with Crippen LogP contribution >= 0.6 is 15.9 Å². The largest absolute Gasteiger partial charge is 0.350 e. The summed E-state index contributed by atoms with van der Waals surface area (Å²) in [4.78, 5) is 37.6. The number of hydrogen-bond acceptors (Lipinski definition) is 4. The Bertz CT molecular complexity index is 658. The van der Waals surface area contributed by atoms with Gasteiger partial charge in [0.1, 0.15) is 0 Å². The molecule has 1 aromatic rings. The van der Waals surface area contributed by atoms with Crippen LogP contribution in [0.3, 0.4) is 0 Å². The van der Waals surface area contributed by atoms with Crippen molar-refractivity contribution in [2.24, 2.45) is 5.73 Å². The van der Waals surface area contributed by atoms with Crippen LogP contribution in [0.1, 0.15) is 47.4 Å². The van der Waals surface area contributed by atoms with E-state index in [2.05, 4.69) is 21.2 Å². The first-order valence-corrected chi connectivity index (χ1v) is 8.21. The van der Waals surface area contributed by atoms with E-state index < -0.39 is 5.54 Å². The van der Waals surface area contributed by atoms with Crippen LogP contribution in [0.15, 0.2) is 22.7 Å². The van der Waals surface area contributed by atoms with Crippen molar-refractivity contribution in [3.63, 3.8) is 0 Å². The smallest absolute Gasteiger partial charge is 0.261 e. The number of nitrogens with one attached hydrogen (secondary N) is 1. The molecule has 0 radical (unpaired) electrons. The number of fused-ring (bicyclic) bond motifs is 1. The minimum Gasteiger partial charge on any atom is -0.350 e. The number of hydrogen-bond donors (Lipinski definition) is 2. The lowest BCUT2D eigenvalue weighted by Crippen LogP contribution is -2.48. The molecule has 0 bridgehead atoms. The summed E-state index contributed by atoms with van der Waals surface area (Å²) in [5.74, 6) is -0.756. The van der Waals surface area contributed by atoms with Crippen molar-refractivity contribution in [3.8, 4) is 0 Å². The van der Waals surface area contributed by atoms with E-state index in [0.717, 1.165) is 4.47 Å². The van der Waals surface area contributed by atoms with E-state index in [-0.39, 0.29) is 30.7 Å². The molecule has 1 heterocycles. The maximum atomic E-state index is 12.3. The molecule has 0 saturated heterocycles. The Balaban J connectivity index is 1.92. The first-order valence-electron chi connectivity index (χ1n) is 7.42. The third kappa shape index (κ3) is 3.97. The molecule has 0 aromatic heterocycles. The summed E-state index contributed by atoms with van der Waals surface area (Å²) in [7, 11) is 0. The Morgan fingerprint density at radius 3 is 2.57 bits per heavy atom. The van der Waals surface area contributed by atoms with E-state index >= 15 is 0 Å². The molecule has 0 saturated carbocycles. The van der Waals surface area contributed by atoms with Gasteiger partial charge in [-0.15, -0.1) is 0 Å². The molecular weight excluding hydrogens is 362 g/mol. The van der Waals surface area contributed by atoms with E-state index in [9.17, 15) is 14.4 Å². The van der Waals surface area contributed by atoms with Gasteiger partial charge in [0, 0.05) is 29.5 Å². The van der Waals surface area contributed by atoms with Gasteiger partial charge in [-0.1, -0.05) is 15.9 Å². The second kappa shape index (κ2) is 6.80. The van der Waals surface area contributed by atoms with Crippen molar-refractivity contribution in [1.29, 1.82) is 0 Å². The van der Waals surface area contributed by atoms with Crippen LogP contribution in [0.4, 0.5) is 0 Å². The second-order valence-electron chi connectivity index (χ2n) is 6.19. The number of benzene rings is 1. The van der Waals surface area contributed by atoms with Crippen molar-refractivity contribution < 1.29 is 14.4 Å². The third-order valence-corrected chi connectivity index (χ3v) is 4.20. The SMILES string of the molecule is CC(C)(CN)NC(=O)CCCN1C(=O)c2ccc(Br)cc2C1=O. The molecule has 0 spiro atoms. The van der Waals surface area contributed by atoms with Gasteiger partial charge in [-0.3, -0.25) is 19.3 Å². The van der Waals surface area contributed by atoms with Gasteiger partial charge in [0.05, 0.1) is 11.1 Å². The number of carbonyl (C=O) groups excluding carboxylic acids is 3. The Hall–Kier alpha value is -1.73. The van der Waals surface area contributed by atoms with Crippen molar-refractivity contribution in [2.45, 2.75) is 32.2 Å². The fraction of sp³-hybridized carbons (Fsp3) is 0.438. The molecule has 7 heteroatoms. The number of carbonyl (C=O) groups is 3. The van der Waals surface area contributed by atoms with Gasteiger partial charge in [0.25, 0.3) is 11.8 Å². The van der Waals surface area contributed by atoms with Crippen molar-refractivity contribution >= 4 is 33.7 Å². The third-order valence-electron chi connectivity index (χ3n) is 3.71. The highest BCUT2D eigenvalue weighted by atomic mass is 79.9. The standard InChI is InChI=1S/C16H20BrN3O3/c1-16(2,9-18)19-13(21)4-3-7-20-14(22)11-6-5-10(17)8-12(11)15(20)23/h5-6,8H,3-4,7,9,18H2,1-2H3,(H,19,21). The molecular formula is C16H20BrN3O3. The summed E-state index contributed by atoms with van der Waals surface area (Å²) in [5.41, 5.74) is 5.91. The molecule has 1 aromatic carbocycles. The van der Waals surface area contributed by atoms with E-state index in [1.165, 1.54) is 4.90 Å². The number of amides is 3. The maximum absolute atomic E-state index is 12.3. The molecule has 2 rings (SSSR count). The molecule has 3 amide bonds. The van der Waals surface area contributed by atoms with E-state index in [1.54, 1.807) is 18.2 Å². The van der Waals surface area contributed by atoms with Gasteiger partial charge < -0.3 is 11.1 Å². The zero-order valence-electron chi connectivity index (χ0n) is 13.2. The lowest BCUT2D eigenvalue weighted by molar-refractivity contribution is -0.122. The van der Waals surface area contributed by atoms with Gasteiger partial charge in [-0.25, -0.2) is 0 Å². The van der Waals surface area contributed by atoms with Gasteiger partial charge >= 0.3 is 0 Å². The molecule has 1 aliphatic heterocycles. The molecule has 23 heavy (non-hydrogen) atoms. The first kappa shape index (κ1) is 17.6. The van der Waals surface area contributed by atoms with Crippen molar-refractivity contribution in [1.82, 2.24) is 10.2 Å². The van der Waals surface area contributed by atoms with Crippen LogP contribution in [-0.2, 0) is 4.79 Å². The second-order valence-corrected chi connectivity index (χ2v) is 7.11. The fourth-order valence-corrected chi connectivity index (χ4v) is 2.72. The highest BCUT2D eigenvalue weighted by molar-refractivity contribution is 9.10. The van der Waals surface area contributed by atoms with Crippen LogP contribution in [0.25, 0.3) is 0 Å². The minimum atomic E-state index is -0.459. The fourth-order valence-electron chi connectivity index (χ4n) is 2.35. The summed E-state index contributed by atoms with van der Waals surface area (Å²) < 4.78 is 0.752. The van der Waals surface area contributed by atoms with Gasteiger partial charge in [0.2, 0.25) is 5.91 Å². The Morgan fingerprint density at radius 1 is 1.26 bits per heavy atom. The average Bonchev–Trinajstić information content (AvgIpc) is 2.71. The zero-order valence-corrected chi connectivity index (χ0v) is 14.8. The quantitative estimate of drug-likeness (QED) is 0.733. The molecule has 0 fully saturated rings. The van der Waals surface area contributed by atoms with Crippen LogP contribution in [0.2, 0.25) is 0 Å². The predicted octanol–water partition coefficient (Wildman–Crippen LogP) is 1.68. The lowest BCUT2D eigenvalue weighted by atomic mass is 10.1. The number of nitrogens with two attached hydrogens (primary N) is 1. The monoisotopic (exact) mass is 381 g/mol. The Kier molecular flexibility index (Phi) is 5.21. The van der Waals surface area contributed by atoms with Gasteiger partial charge in [-0.2, -0.15) is 0 Å². The van der Waals surface area contributed by atoms with Gasteiger partial charge in [0.15, 0.2) is 0 Å². The predicted molar refractivity (Wildman–Crippen MR) is 90.0 cm³/mol. The Labute approximate surface area is 143 Å². The molecule has 6 nitrogen and oxygen atoms in total. The van der Waals surface area contributed by atoms with Crippen LogP contribution < -0.4 is 11.1 Å². The molecule has 0 unspecified atom stereocenters. The van der Waals surface area contributed by atoms with Crippen molar-refractivity contribution in [2.75, 3.05) is 13.1 Å². The van der Waals surface area contributed by atoms with Crippen LogP contribution in [0.5, 0.6) is 0 Å². The van der Waals surface area contributed by atoms with Crippen LogP contribution in [0, 0.1) is 0 Å². The Morgan fingerprint density at radius 2 is 1.91 bits per heavy atom. The molecule has 3 N–H and O–H groups in total. The van der Waals surface area contributed by atoms with E-state index in [1.807, 2.05) is 13.8 Å². The lowest BCUT2D eigenvalue weighted by Gasteiger charge is -2.24. The van der Waals surface area contributed by atoms with Gasteiger partial charge in [-0.05, 0) is 38.5 Å². The van der Waals surface area contributed by atoms with Crippen molar-refractivity contribution in [3.05, 3.63) is 33.8 Å². The molecule has 0 aliphatic carbocycles. The summed E-state index contributed by atoms with van der Waals surface area (Å²) in [6.45, 7) is 4.24. The number of nitrogens with zero attached hydrogens (tertiary/aromatic N) is 1.